The number of aliphatic carboxylic acids is 1. The highest BCUT2D eigenvalue weighted by atomic mass is 16.5. The van der Waals surface area contributed by atoms with Gasteiger partial charge in [-0.1, -0.05) is 50.5 Å². The number of aliphatic hydroxyl groups is 3. The molecule has 150 valence electrons. The Kier molecular flexibility index (Phi) is 11.4. The summed E-state index contributed by atoms with van der Waals surface area (Å²) in [7, 11) is 0. The summed E-state index contributed by atoms with van der Waals surface area (Å²) in [4.78, 5) is 10.4. The number of ether oxygens (including phenoxy) is 1. The second-order valence-corrected chi connectivity index (χ2v) is 6.95. The van der Waals surface area contributed by atoms with Gasteiger partial charge in [0.05, 0.1) is 24.4 Å². The van der Waals surface area contributed by atoms with Gasteiger partial charge in [0, 0.05) is 12.8 Å². The van der Waals surface area contributed by atoms with Crippen molar-refractivity contribution in [3.63, 3.8) is 0 Å². The molecule has 1 rings (SSSR count). The topological polar surface area (TPSA) is 107 Å². The molecule has 0 saturated carbocycles. The van der Waals surface area contributed by atoms with E-state index in [9.17, 15) is 20.1 Å². The summed E-state index contributed by atoms with van der Waals surface area (Å²) >= 11 is 0. The van der Waals surface area contributed by atoms with Crippen molar-refractivity contribution in [2.24, 2.45) is 0 Å². The minimum atomic E-state index is -0.801. The summed E-state index contributed by atoms with van der Waals surface area (Å²) in [6.07, 6.45) is 10.2. The van der Waals surface area contributed by atoms with E-state index in [2.05, 4.69) is 6.92 Å². The zero-order valence-electron chi connectivity index (χ0n) is 15.7. The summed E-state index contributed by atoms with van der Waals surface area (Å²) in [6.45, 7) is 2.11. The molecule has 0 spiro atoms. The second kappa shape index (κ2) is 13.0. The lowest BCUT2D eigenvalue weighted by molar-refractivity contribution is -0.137. The maximum atomic E-state index is 10.4. The van der Waals surface area contributed by atoms with Crippen molar-refractivity contribution in [1.82, 2.24) is 0 Å². The zero-order valence-corrected chi connectivity index (χ0v) is 15.7. The van der Waals surface area contributed by atoms with Crippen LogP contribution in [0.1, 0.15) is 64.7 Å². The molecule has 0 aromatic heterocycles. The van der Waals surface area contributed by atoms with E-state index in [1.54, 1.807) is 12.2 Å². The van der Waals surface area contributed by atoms with Crippen LogP contribution < -0.4 is 0 Å². The highest BCUT2D eigenvalue weighted by Crippen LogP contribution is 2.26. The maximum absolute atomic E-state index is 10.4. The fraction of sp³-hybridized carbons (Fsp3) is 0.750. The number of rotatable bonds is 13. The first kappa shape index (κ1) is 22.8. The standard InChI is InChI=1S/C20H34O6/c1-2-3-6-10-16(22)19-14-17(23)18(26-19)13-12-15(21)9-7-4-5-8-11-20(24)25/h4,7,12-13,15-19,21-23H,2-3,5-6,8-11,14H2,1H3,(H,24,25)/b7-4-,13-12+/t15-,16+,17-,18+,19-/m0/s1. The van der Waals surface area contributed by atoms with Gasteiger partial charge < -0.3 is 25.2 Å². The van der Waals surface area contributed by atoms with E-state index < -0.39 is 30.4 Å². The minimum absolute atomic E-state index is 0.148. The molecule has 1 saturated heterocycles. The Morgan fingerprint density at radius 1 is 1.23 bits per heavy atom. The highest BCUT2D eigenvalue weighted by Gasteiger charge is 2.36. The van der Waals surface area contributed by atoms with E-state index in [0.717, 1.165) is 19.3 Å². The van der Waals surface area contributed by atoms with Crippen LogP contribution in [0.3, 0.4) is 0 Å². The summed E-state index contributed by atoms with van der Waals surface area (Å²) in [5, 5.41) is 38.7. The molecule has 1 fully saturated rings. The van der Waals surface area contributed by atoms with Crippen LogP contribution in [-0.2, 0) is 9.53 Å². The lowest BCUT2D eigenvalue weighted by atomic mass is 10.0. The molecule has 0 unspecified atom stereocenters. The van der Waals surface area contributed by atoms with E-state index in [-0.39, 0.29) is 12.5 Å². The van der Waals surface area contributed by atoms with Crippen LogP contribution in [0.4, 0.5) is 0 Å². The first-order chi connectivity index (χ1) is 12.4. The molecule has 1 aliphatic heterocycles. The van der Waals surface area contributed by atoms with E-state index >= 15 is 0 Å². The van der Waals surface area contributed by atoms with Crippen LogP contribution in [0.25, 0.3) is 0 Å². The lowest BCUT2D eigenvalue weighted by Gasteiger charge is -2.18. The van der Waals surface area contributed by atoms with E-state index in [4.69, 9.17) is 9.84 Å². The summed E-state index contributed by atoms with van der Waals surface area (Å²) in [6, 6.07) is 0. The normalized spacial score (nSPS) is 25.9. The van der Waals surface area contributed by atoms with Gasteiger partial charge >= 0.3 is 5.97 Å². The number of hydrogen-bond acceptors (Lipinski definition) is 5. The summed E-state index contributed by atoms with van der Waals surface area (Å²) in [5.74, 6) is -0.801. The molecule has 0 amide bonds. The Morgan fingerprint density at radius 2 is 2.00 bits per heavy atom. The summed E-state index contributed by atoms with van der Waals surface area (Å²) < 4.78 is 5.73. The van der Waals surface area contributed by atoms with E-state index in [0.29, 0.717) is 32.1 Å². The lowest BCUT2D eigenvalue weighted by Crippen LogP contribution is -2.26. The van der Waals surface area contributed by atoms with Crippen LogP contribution in [-0.4, -0.2) is 56.9 Å². The van der Waals surface area contributed by atoms with Crippen molar-refractivity contribution >= 4 is 5.97 Å². The predicted octanol–water partition coefficient (Wildman–Crippen LogP) is 2.56. The first-order valence-corrected chi connectivity index (χ1v) is 9.68. The van der Waals surface area contributed by atoms with Crippen LogP contribution in [0.5, 0.6) is 0 Å². The van der Waals surface area contributed by atoms with Gasteiger partial charge in [0.25, 0.3) is 0 Å². The Bertz CT molecular complexity index is 448. The molecule has 0 bridgehead atoms. The van der Waals surface area contributed by atoms with Gasteiger partial charge in [-0.3, -0.25) is 4.79 Å². The Hall–Kier alpha value is -1.21. The zero-order chi connectivity index (χ0) is 19.4. The van der Waals surface area contributed by atoms with Crippen LogP contribution >= 0.6 is 0 Å². The van der Waals surface area contributed by atoms with Crippen molar-refractivity contribution in [3.05, 3.63) is 24.3 Å². The molecule has 0 aromatic rings. The molecule has 6 nitrogen and oxygen atoms in total. The number of allylic oxidation sites excluding steroid dienone is 1. The van der Waals surface area contributed by atoms with Gasteiger partial charge in [-0.15, -0.1) is 0 Å². The van der Waals surface area contributed by atoms with E-state index in [1.165, 1.54) is 0 Å². The van der Waals surface area contributed by atoms with Gasteiger partial charge in [0.1, 0.15) is 6.10 Å². The van der Waals surface area contributed by atoms with Gasteiger partial charge in [-0.2, -0.15) is 0 Å². The molecule has 1 aliphatic rings. The molecular formula is C20H34O6. The van der Waals surface area contributed by atoms with Crippen molar-refractivity contribution in [3.8, 4) is 0 Å². The fourth-order valence-electron chi connectivity index (χ4n) is 2.97. The van der Waals surface area contributed by atoms with Crippen LogP contribution in [0, 0.1) is 0 Å². The van der Waals surface area contributed by atoms with Crippen LogP contribution in [0.2, 0.25) is 0 Å². The molecule has 0 radical (unpaired) electrons. The predicted molar refractivity (Wildman–Crippen MR) is 99.8 cm³/mol. The number of hydrogen-bond donors (Lipinski definition) is 4. The summed E-state index contributed by atoms with van der Waals surface area (Å²) in [5.41, 5.74) is 0. The molecule has 0 aliphatic carbocycles. The number of aliphatic hydroxyl groups excluding tert-OH is 3. The Labute approximate surface area is 156 Å². The third kappa shape index (κ3) is 9.48. The van der Waals surface area contributed by atoms with Gasteiger partial charge in [0.2, 0.25) is 0 Å². The number of carbonyl (C=O) groups is 1. The molecule has 5 atom stereocenters. The van der Waals surface area contributed by atoms with Gasteiger partial charge in [-0.05, 0) is 25.7 Å². The average Bonchev–Trinajstić information content (AvgIpc) is 2.97. The van der Waals surface area contributed by atoms with Gasteiger partial charge in [-0.25, -0.2) is 0 Å². The quantitative estimate of drug-likeness (QED) is 0.293. The maximum Gasteiger partial charge on any atom is 0.303 e. The fourth-order valence-corrected chi connectivity index (χ4v) is 2.97. The van der Waals surface area contributed by atoms with Gasteiger partial charge in [0.15, 0.2) is 0 Å². The smallest absolute Gasteiger partial charge is 0.303 e. The number of carboxylic acids is 1. The van der Waals surface area contributed by atoms with Crippen LogP contribution in [0.15, 0.2) is 24.3 Å². The van der Waals surface area contributed by atoms with Crippen molar-refractivity contribution in [2.45, 2.75) is 95.2 Å². The highest BCUT2D eigenvalue weighted by molar-refractivity contribution is 5.66. The SMILES string of the molecule is CCCCC[C@@H](O)[C@@H]1C[C@H](O)[C@@H](/C=C/[C@@H](O)C/C=C\CCCC(=O)O)O1. The third-order valence-electron chi connectivity index (χ3n) is 4.55. The van der Waals surface area contributed by atoms with Crippen molar-refractivity contribution in [1.29, 1.82) is 0 Å². The first-order valence-electron chi connectivity index (χ1n) is 9.68. The third-order valence-corrected chi connectivity index (χ3v) is 4.55. The molecule has 0 aromatic carbocycles. The number of carboxylic acid groups (broad SMARTS) is 1. The average molecular weight is 370 g/mol. The molecule has 6 heteroatoms. The van der Waals surface area contributed by atoms with E-state index in [1.807, 2.05) is 12.2 Å². The van der Waals surface area contributed by atoms with Crippen molar-refractivity contribution < 1.29 is 30.0 Å². The molecular weight excluding hydrogens is 336 g/mol. The molecule has 26 heavy (non-hydrogen) atoms. The van der Waals surface area contributed by atoms with Crippen molar-refractivity contribution in [2.75, 3.05) is 0 Å². The Balaban J connectivity index is 2.29. The minimum Gasteiger partial charge on any atom is -0.481 e. The largest absolute Gasteiger partial charge is 0.481 e. The number of unbranched alkanes of at least 4 members (excludes halogenated alkanes) is 3. The monoisotopic (exact) mass is 370 g/mol. The molecule has 4 N–H and O–H groups in total. The molecule has 1 heterocycles. The Morgan fingerprint density at radius 3 is 2.69 bits per heavy atom. The second-order valence-electron chi connectivity index (χ2n) is 6.95.